The lowest BCUT2D eigenvalue weighted by molar-refractivity contribution is -0.145. The number of ether oxygens (including phenoxy) is 4. The second-order valence-corrected chi connectivity index (χ2v) is 16.5. The lowest BCUT2D eigenvalue weighted by Gasteiger charge is -2.38. The van der Waals surface area contributed by atoms with E-state index < -0.39 is 47.7 Å². The summed E-state index contributed by atoms with van der Waals surface area (Å²) in [5.74, 6) is -0.681. The van der Waals surface area contributed by atoms with Crippen molar-refractivity contribution < 1.29 is 38.1 Å². The monoisotopic (exact) mass is 860 g/mol. The molecule has 7 rings (SSSR count). The van der Waals surface area contributed by atoms with Crippen LogP contribution in [0.25, 0.3) is 11.1 Å². The number of rotatable bonds is 10. The molecular weight excluding hydrogens is 819 g/mol. The highest BCUT2D eigenvalue weighted by Gasteiger charge is 2.40. The zero-order chi connectivity index (χ0) is 43.4. The molecule has 1 unspecified atom stereocenters. The van der Waals surface area contributed by atoms with E-state index in [1.807, 2.05) is 36.4 Å². The van der Waals surface area contributed by atoms with Gasteiger partial charge in [-0.05, 0) is 103 Å². The van der Waals surface area contributed by atoms with Crippen molar-refractivity contribution in [1.29, 1.82) is 5.26 Å². The van der Waals surface area contributed by atoms with Gasteiger partial charge >= 0.3 is 12.1 Å². The first kappa shape index (κ1) is 42.6. The molecule has 0 saturated carbocycles. The number of nitrogens with zero attached hydrogens (tertiary/aromatic N) is 2. The van der Waals surface area contributed by atoms with Crippen molar-refractivity contribution >= 4 is 52.8 Å². The minimum atomic E-state index is -1.07. The third kappa shape index (κ3) is 10.1. The van der Waals surface area contributed by atoms with Crippen LogP contribution in [0.4, 0.5) is 10.5 Å². The van der Waals surface area contributed by atoms with Gasteiger partial charge in [0.1, 0.15) is 35.8 Å². The van der Waals surface area contributed by atoms with Crippen molar-refractivity contribution in [1.82, 2.24) is 10.2 Å². The summed E-state index contributed by atoms with van der Waals surface area (Å²) in [6.07, 6.45) is -1.51. The molecule has 0 fully saturated rings. The van der Waals surface area contributed by atoms with Crippen molar-refractivity contribution in [3.05, 3.63) is 147 Å². The highest BCUT2D eigenvalue weighted by Crippen LogP contribution is 2.40. The van der Waals surface area contributed by atoms with Gasteiger partial charge in [0.2, 0.25) is 12.0 Å². The summed E-state index contributed by atoms with van der Waals surface area (Å²) in [7, 11) is 1.24. The Morgan fingerprint density at radius 2 is 1.62 bits per heavy atom. The largest absolute Gasteiger partial charge is 0.489 e. The SMILES string of the molecule is COC(=O)[C@H](Cc1ccc(-c2ccc(C#N)cc2)cc1)NC(=O)C1Cc2cc3c(cc2CN1C(=O)OC(C)(C)C)O[C@@H](c1ccc(OCc2cc(Cl)ccc2Cl)cc1)C(=O)N3. The number of benzene rings is 5. The van der Waals surface area contributed by atoms with Gasteiger partial charge in [-0.2, -0.15) is 5.26 Å². The number of esters is 1. The molecule has 2 heterocycles. The quantitative estimate of drug-likeness (QED) is 0.131. The number of amides is 3. The first-order chi connectivity index (χ1) is 29.2. The van der Waals surface area contributed by atoms with Crippen molar-refractivity contribution in [2.45, 2.75) is 70.6 Å². The summed E-state index contributed by atoms with van der Waals surface area (Å²) in [4.78, 5) is 55.8. The average molecular weight is 862 g/mol. The smallest absolute Gasteiger partial charge is 0.411 e. The van der Waals surface area contributed by atoms with Gasteiger partial charge in [0.25, 0.3) is 5.91 Å². The highest BCUT2D eigenvalue weighted by atomic mass is 35.5. The van der Waals surface area contributed by atoms with Gasteiger partial charge in [-0.25, -0.2) is 9.59 Å². The zero-order valence-corrected chi connectivity index (χ0v) is 35.3. The molecule has 312 valence electrons. The minimum absolute atomic E-state index is 0.0139. The van der Waals surface area contributed by atoms with Crippen molar-refractivity contribution in [3.8, 4) is 28.7 Å². The first-order valence-electron chi connectivity index (χ1n) is 19.5. The maximum absolute atomic E-state index is 14.2. The Balaban J connectivity index is 1.08. The summed E-state index contributed by atoms with van der Waals surface area (Å²) in [6.45, 7) is 5.39. The van der Waals surface area contributed by atoms with Gasteiger partial charge < -0.3 is 29.6 Å². The number of carbonyl (C=O) groups excluding carboxylic acids is 4. The Kier molecular flexibility index (Phi) is 12.5. The van der Waals surface area contributed by atoms with E-state index in [4.69, 9.17) is 47.4 Å². The molecule has 61 heavy (non-hydrogen) atoms. The number of hydrogen-bond donors (Lipinski definition) is 2. The molecule has 2 N–H and O–H groups in total. The van der Waals surface area contributed by atoms with E-state index in [0.717, 1.165) is 22.3 Å². The molecule has 0 radical (unpaired) electrons. The Bertz CT molecular complexity index is 2520. The van der Waals surface area contributed by atoms with Gasteiger partial charge in [0.05, 0.1) is 31.0 Å². The van der Waals surface area contributed by atoms with Crippen LogP contribution in [0.3, 0.4) is 0 Å². The van der Waals surface area contributed by atoms with Gasteiger partial charge in [-0.3, -0.25) is 14.5 Å². The molecule has 0 aliphatic carbocycles. The average Bonchev–Trinajstić information content (AvgIpc) is 3.24. The molecule has 5 aromatic rings. The molecule has 0 bridgehead atoms. The van der Waals surface area contributed by atoms with Gasteiger partial charge in [-0.15, -0.1) is 0 Å². The predicted octanol–water partition coefficient (Wildman–Crippen LogP) is 8.75. The van der Waals surface area contributed by atoms with Crippen LogP contribution in [0.2, 0.25) is 10.0 Å². The second-order valence-electron chi connectivity index (χ2n) is 15.7. The number of anilines is 1. The molecule has 0 saturated heterocycles. The molecule has 3 atom stereocenters. The molecule has 3 amide bonds. The molecule has 2 aliphatic heterocycles. The zero-order valence-electron chi connectivity index (χ0n) is 33.8. The van der Waals surface area contributed by atoms with E-state index in [-0.39, 0.29) is 26.0 Å². The Labute approximate surface area is 363 Å². The number of hydrogen-bond acceptors (Lipinski definition) is 9. The Hall–Kier alpha value is -6.55. The van der Waals surface area contributed by atoms with Crippen molar-refractivity contribution in [2.24, 2.45) is 0 Å². The lowest BCUT2D eigenvalue weighted by atomic mass is 9.91. The Morgan fingerprint density at radius 1 is 0.934 bits per heavy atom. The van der Waals surface area contributed by atoms with E-state index >= 15 is 0 Å². The van der Waals surface area contributed by atoms with E-state index in [2.05, 4.69) is 16.7 Å². The topological polar surface area (TPSA) is 156 Å². The normalized spacial score (nSPS) is 16.1. The van der Waals surface area contributed by atoms with Gasteiger partial charge in [0, 0.05) is 34.0 Å². The predicted molar refractivity (Wildman–Crippen MR) is 229 cm³/mol. The number of carbonyl (C=O) groups is 4. The molecular formula is C47H42Cl2N4O8. The van der Waals surface area contributed by atoms with E-state index in [9.17, 15) is 19.2 Å². The number of halogens is 2. The molecule has 5 aromatic carbocycles. The van der Waals surface area contributed by atoms with E-state index in [0.29, 0.717) is 49.5 Å². The maximum Gasteiger partial charge on any atom is 0.411 e. The number of methoxy groups -OCH3 is 1. The highest BCUT2D eigenvalue weighted by molar-refractivity contribution is 6.33. The summed E-state index contributed by atoms with van der Waals surface area (Å²) in [6, 6.07) is 30.3. The molecule has 14 heteroatoms. The summed E-state index contributed by atoms with van der Waals surface area (Å²) in [5, 5.41) is 16.0. The third-order valence-corrected chi connectivity index (χ3v) is 10.8. The first-order valence-corrected chi connectivity index (χ1v) is 20.2. The number of nitriles is 1. The standard InChI is InChI=1S/C47H42Cl2N4O8/c1-47(2,3)61-46(57)53-25-33-23-41-38(51-44(55)42(60-41)31-13-16-36(17-14-31)59-26-34-20-35(48)15-18-37(34)49)21-32(33)22-40(53)43(54)52-39(45(56)58-4)19-27-5-9-29(10-6-27)30-11-7-28(24-50)8-12-30/h5-18,20-21,23,39-40,42H,19,22,25-26H2,1-4H3,(H,51,55)(H,52,54)/t39-,40?,42-/m0/s1. The van der Waals surface area contributed by atoms with Crippen LogP contribution in [-0.4, -0.2) is 53.6 Å². The van der Waals surface area contributed by atoms with Crippen LogP contribution >= 0.6 is 23.2 Å². The molecule has 0 aromatic heterocycles. The van der Waals surface area contributed by atoms with Crippen LogP contribution in [0.5, 0.6) is 11.5 Å². The van der Waals surface area contributed by atoms with Gasteiger partial charge in [0.15, 0.2) is 0 Å². The fourth-order valence-electron chi connectivity index (χ4n) is 7.12. The minimum Gasteiger partial charge on any atom is -0.489 e. The van der Waals surface area contributed by atoms with Crippen LogP contribution in [-0.2, 0) is 49.9 Å². The number of nitrogens with one attached hydrogen (secondary N) is 2. The van der Waals surface area contributed by atoms with Gasteiger partial charge in [-0.1, -0.05) is 71.7 Å². The molecule has 0 spiro atoms. The molecule has 2 aliphatic rings. The second kappa shape index (κ2) is 18.0. The van der Waals surface area contributed by atoms with Crippen LogP contribution in [0.15, 0.2) is 103 Å². The van der Waals surface area contributed by atoms with Crippen LogP contribution in [0.1, 0.15) is 60.3 Å². The van der Waals surface area contributed by atoms with Crippen LogP contribution in [0, 0.1) is 11.3 Å². The van der Waals surface area contributed by atoms with Crippen LogP contribution < -0.4 is 20.1 Å². The fraction of sp³-hybridized carbons (Fsp3) is 0.255. The Morgan fingerprint density at radius 3 is 2.28 bits per heavy atom. The summed E-state index contributed by atoms with van der Waals surface area (Å²) >= 11 is 12.4. The number of fused-ring (bicyclic) bond motifs is 2. The fourth-order valence-corrected chi connectivity index (χ4v) is 7.49. The summed E-state index contributed by atoms with van der Waals surface area (Å²) < 4.78 is 23.0. The lowest BCUT2D eigenvalue weighted by Crippen LogP contribution is -2.56. The van der Waals surface area contributed by atoms with Crippen molar-refractivity contribution in [2.75, 3.05) is 12.4 Å². The summed E-state index contributed by atoms with van der Waals surface area (Å²) in [5.41, 5.74) is 5.42. The van der Waals surface area contributed by atoms with Crippen molar-refractivity contribution in [3.63, 3.8) is 0 Å². The van der Waals surface area contributed by atoms with E-state index in [1.54, 1.807) is 87.5 Å². The third-order valence-electron chi connectivity index (χ3n) is 10.2. The molecule has 12 nitrogen and oxygen atoms in total. The van der Waals surface area contributed by atoms with E-state index in [1.165, 1.54) is 12.0 Å². The maximum atomic E-state index is 14.2.